The van der Waals surface area contributed by atoms with E-state index >= 15 is 0 Å². The molecular formula is C15H20N2O. The Morgan fingerprint density at radius 1 is 1.33 bits per heavy atom. The number of fused-ring (bicyclic) bond motifs is 1. The number of ketones is 1. The van der Waals surface area contributed by atoms with E-state index in [1.54, 1.807) is 0 Å². The summed E-state index contributed by atoms with van der Waals surface area (Å²) in [7, 11) is 1.97. The van der Waals surface area contributed by atoms with Gasteiger partial charge in [-0.1, -0.05) is 26.0 Å². The van der Waals surface area contributed by atoms with Gasteiger partial charge in [0.2, 0.25) is 0 Å². The SMILES string of the molecule is CC(C)CCC(=O)Cc1nc2ccccc2n1C. The van der Waals surface area contributed by atoms with Crippen molar-refractivity contribution in [2.75, 3.05) is 0 Å². The predicted octanol–water partition coefficient (Wildman–Crippen LogP) is 3.12. The zero-order chi connectivity index (χ0) is 13.1. The number of hydrogen-bond acceptors (Lipinski definition) is 2. The molecule has 0 aliphatic heterocycles. The van der Waals surface area contributed by atoms with Gasteiger partial charge in [0, 0.05) is 13.5 Å². The van der Waals surface area contributed by atoms with Crippen LogP contribution in [-0.2, 0) is 18.3 Å². The van der Waals surface area contributed by atoms with Gasteiger partial charge < -0.3 is 4.57 Å². The van der Waals surface area contributed by atoms with Crippen molar-refractivity contribution in [2.45, 2.75) is 33.1 Å². The summed E-state index contributed by atoms with van der Waals surface area (Å²) in [5.41, 5.74) is 2.05. The van der Waals surface area contributed by atoms with Crippen LogP contribution in [0.5, 0.6) is 0 Å². The number of aryl methyl sites for hydroxylation is 1. The van der Waals surface area contributed by atoms with E-state index in [-0.39, 0.29) is 5.78 Å². The van der Waals surface area contributed by atoms with Gasteiger partial charge in [-0.05, 0) is 24.5 Å². The first kappa shape index (κ1) is 12.8. The van der Waals surface area contributed by atoms with E-state index in [4.69, 9.17) is 0 Å². The molecule has 0 unspecified atom stereocenters. The maximum Gasteiger partial charge on any atom is 0.140 e. The third-order valence-corrected chi connectivity index (χ3v) is 3.24. The molecule has 2 rings (SSSR count). The quantitative estimate of drug-likeness (QED) is 0.810. The van der Waals surface area contributed by atoms with Crippen molar-refractivity contribution in [2.24, 2.45) is 13.0 Å². The minimum Gasteiger partial charge on any atom is -0.331 e. The smallest absolute Gasteiger partial charge is 0.140 e. The molecular weight excluding hydrogens is 224 g/mol. The Labute approximate surface area is 108 Å². The fraction of sp³-hybridized carbons (Fsp3) is 0.467. The van der Waals surface area contributed by atoms with Crippen molar-refractivity contribution in [3.05, 3.63) is 30.1 Å². The summed E-state index contributed by atoms with van der Waals surface area (Å²) in [5.74, 6) is 1.72. The van der Waals surface area contributed by atoms with Gasteiger partial charge in [-0.2, -0.15) is 0 Å². The highest BCUT2D eigenvalue weighted by Crippen LogP contribution is 2.15. The van der Waals surface area contributed by atoms with E-state index in [1.807, 2.05) is 35.9 Å². The maximum absolute atomic E-state index is 11.9. The van der Waals surface area contributed by atoms with Gasteiger partial charge in [0.05, 0.1) is 17.5 Å². The van der Waals surface area contributed by atoms with Crippen LogP contribution in [0.1, 0.15) is 32.5 Å². The molecule has 1 aromatic heterocycles. The summed E-state index contributed by atoms with van der Waals surface area (Å²) in [6.07, 6.45) is 2.06. The Morgan fingerprint density at radius 3 is 2.72 bits per heavy atom. The summed E-state index contributed by atoms with van der Waals surface area (Å²) >= 11 is 0. The van der Waals surface area contributed by atoms with Gasteiger partial charge in [0.25, 0.3) is 0 Å². The van der Waals surface area contributed by atoms with Crippen molar-refractivity contribution in [1.82, 2.24) is 9.55 Å². The second kappa shape index (κ2) is 5.34. The Balaban J connectivity index is 2.12. The number of nitrogens with zero attached hydrogens (tertiary/aromatic N) is 2. The monoisotopic (exact) mass is 244 g/mol. The Kier molecular flexibility index (Phi) is 3.80. The van der Waals surface area contributed by atoms with Gasteiger partial charge in [-0.25, -0.2) is 4.98 Å². The zero-order valence-corrected chi connectivity index (χ0v) is 11.3. The molecule has 3 heteroatoms. The zero-order valence-electron chi connectivity index (χ0n) is 11.3. The lowest BCUT2D eigenvalue weighted by Crippen LogP contribution is -2.08. The van der Waals surface area contributed by atoms with Gasteiger partial charge in [-0.15, -0.1) is 0 Å². The van der Waals surface area contributed by atoms with Crippen molar-refractivity contribution in [3.63, 3.8) is 0 Å². The highest BCUT2D eigenvalue weighted by atomic mass is 16.1. The van der Waals surface area contributed by atoms with E-state index in [0.29, 0.717) is 18.8 Å². The average molecular weight is 244 g/mol. The lowest BCUT2D eigenvalue weighted by Gasteiger charge is -2.04. The van der Waals surface area contributed by atoms with Crippen LogP contribution in [-0.4, -0.2) is 15.3 Å². The molecule has 0 N–H and O–H groups in total. The number of rotatable bonds is 5. The lowest BCUT2D eigenvalue weighted by atomic mass is 10.0. The number of aromatic nitrogens is 2. The van der Waals surface area contributed by atoms with Crippen LogP contribution in [0.25, 0.3) is 11.0 Å². The molecule has 0 aliphatic carbocycles. The maximum atomic E-state index is 11.9. The fourth-order valence-electron chi connectivity index (χ4n) is 2.07. The molecule has 0 bridgehead atoms. The van der Waals surface area contributed by atoms with Crippen LogP contribution >= 0.6 is 0 Å². The third kappa shape index (κ3) is 2.78. The first-order chi connectivity index (χ1) is 8.58. The van der Waals surface area contributed by atoms with Crippen LogP contribution in [0.4, 0.5) is 0 Å². The molecule has 0 saturated heterocycles. The standard InChI is InChI=1S/C15H20N2O/c1-11(2)8-9-12(18)10-15-16-13-6-4-5-7-14(13)17(15)3/h4-7,11H,8-10H2,1-3H3. The van der Waals surface area contributed by atoms with E-state index in [0.717, 1.165) is 23.3 Å². The first-order valence-corrected chi connectivity index (χ1v) is 6.50. The molecule has 0 radical (unpaired) electrons. The molecule has 2 aromatic rings. The van der Waals surface area contributed by atoms with E-state index in [1.165, 1.54) is 0 Å². The molecule has 1 aromatic carbocycles. The molecule has 0 fully saturated rings. The Hall–Kier alpha value is -1.64. The molecule has 0 spiro atoms. The van der Waals surface area contributed by atoms with Crippen LogP contribution in [0.3, 0.4) is 0 Å². The number of imidazole rings is 1. The lowest BCUT2D eigenvalue weighted by molar-refractivity contribution is -0.118. The summed E-state index contributed by atoms with van der Waals surface area (Å²) < 4.78 is 2.02. The van der Waals surface area contributed by atoms with Crippen molar-refractivity contribution < 1.29 is 4.79 Å². The number of carbonyl (C=O) groups is 1. The Bertz CT molecular complexity index is 555. The average Bonchev–Trinajstić information content (AvgIpc) is 2.65. The predicted molar refractivity (Wildman–Crippen MR) is 73.5 cm³/mol. The summed E-state index contributed by atoms with van der Waals surface area (Å²) in [4.78, 5) is 16.4. The molecule has 18 heavy (non-hydrogen) atoms. The summed E-state index contributed by atoms with van der Waals surface area (Å²) in [6.45, 7) is 4.28. The normalized spacial score (nSPS) is 11.3. The van der Waals surface area contributed by atoms with Crippen LogP contribution in [0.2, 0.25) is 0 Å². The molecule has 96 valence electrons. The Morgan fingerprint density at radius 2 is 2.06 bits per heavy atom. The van der Waals surface area contributed by atoms with E-state index in [9.17, 15) is 4.79 Å². The highest BCUT2D eigenvalue weighted by Gasteiger charge is 2.11. The first-order valence-electron chi connectivity index (χ1n) is 6.50. The molecule has 0 amide bonds. The van der Waals surface area contributed by atoms with Crippen molar-refractivity contribution in [3.8, 4) is 0 Å². The number of carbonyl (C=O) groups excluding carboxylic acids is 1. The number of hydrogen-bond donors (Lipinski definition) is 0. The van der Waals surface area contributed by atoms with Crippen molar-refractivity contribution in [1.29, 1.82) is 0 Å². The van der Waals surface area contributed by atoms with Crippen LogP contribution in [0.15, 0.2) is 24.3 Å². The number of Topliss-reactive ketones (excluding diaryl/α,β-unsaturated/α-hetero) is 1. The number of benzene rings is 1. The molecule has 1 heterocycles. The summed E-state index contributed by atoms with van der Waals surface area (Å²) in [5, 5.41) is 0. The molecule has 3 nitrogen and oxygen atoms in total. The van der Waals surface area contributed by atoms with Crippen LogP contribution in [0, 0.1) is 5.92 Å². The van der Waals surface area contributed by atoms with Crippen LogP contribution < -0.4 is 0 Å². The molecule has 0 atom stereocenters. The minimum absolute atomic E-state index is 0.280. The number of para-hydroxylation sites is 2. The summed E-state index contributed by atoms with van der Waals surface area (Å²) in [6, 6.07) is 7.98. The second-order valence-electron chi connectivity index (χ2n) is 5.22. The minimum atomic E-state index is 0.280. The van der Waals surface area contributed by atoms with Crippen molar-refractivity contribution >= 4 is 16.8 Å². The molecule has 0 aliphatic rings. The van der Waals surface area contributed by atoms with E-state index < -0.39 is 0 Å². The highest BCUT2D eigenvalue weighted by molar-refractivity contribution is 5.82. The van der Waals surface area contributed by atoms with Gasteiger partial charge in [-0.3, -0.25) is 4.79 Å². The fourth-order valence-corrected chi connectivity index (χ4v) is 2.07. The van der Waals surface area contributed by atoms with E-state index in [2.05, 4.69) is 18.8 Å². The van der Waals surface area contributed by atoms with Gasteiger partial charge >= 0.3 is 0 Å². The topological polar surface area (TPSA) is 34.9 Å². The second-order valence-corrected chi connectivity index (χ2v) is 5.22. The largest absolute Gasteiger partial charge is 0.331 e. The van der Waals surface area contributed by atoms with Gasteiger partial charge in [0.1, 0.15) is 11.6 Å². The van der Waals surface area contributed by atoms with Gasteiger partial charge in [0.15, 0.2) is 0 Å². The molecule has 0 saturated carbocycles. The third-order valence-electron chi connectivity index (χ3n) is 3.24.